The van der Waals surface area contributed by atoms with E-state index >= 15 is 0 Å². The van der Waals surface area contributed by atoms with Crippen molar-refractivity contribution in [2.45, 2.75) is 177 Å². The number of carbonyl (C=O) groups is 6. The fourth-order valence-electron chi connectivity index (χ4n) is 9.59. The predicted molar refractivity (Wildman–Crippen MR) is 204 cm³/mol. The highest BCUT2D eigenvalue weighted by Gasteiger charge is 2.63. The van der Waals surface area contributed by atoms with Crippen LogP contribution >= 0.6 is 0 Å². The highest BCUT2D eigenvalue weighted by molar-refractivity contribution is 5.83. The SMILES string of the molecule is CCC(C)(C)C(=O)OC(C)C(=O)OC1C2CC3C(=O)OC1C3C2.CCC(C)(C)C(=O)OC1(C)C2CC3CC(C2)CC1C3.CCC(C)(C)C(=O)OC1CCOC1=O. The van der Waals surface area contributed by atoms with Gasteiger partial charge in [-0.3, -0.25) is 19.2 Å². The third-order valence-corrected chi connectivity index (χ3v) is 14.8. The second-order valence-electron chi connectivity index (χ2n) is 19.8. The molecule has 0 radical (unpaired) electrons. The predicted octanol–water partition coefficient (Wildman–Crippen LogP) is 7.31. The second kappa shape index (κ2) is 16.6. The molecule has 6 bridgehead atoms. The number of cyclic esters (lactones) is 1. The zero-order chi connectivity index (χ0) is 41.5. The van der Waals surface area contributed by atoms with E-state index in [9.17, 15) is 28.8 Å². The molecule has 0 aromatic heterocycles. The molecule has 0 aromatic carbocycles. The summed E-state index contributed by atoms with van der Waals surface area (Å²) < 4.78 is 32.0. The zero-order valence-corrected chi connectivity index (χ0v) is 35.7. The number of esters is 6. The van der Waals surface area contributed by atoms with Gasteiger partial charge in [-0.1, -0.05) is 20.8 Å². The average Bonchev–Trinajstić information content (AvgIpc) is 3.90. The van der Waals surface area contributed by atoms with Crippen LogP contribution in [0.1, 0.15) is 147 Å². The van der Waals surface area contributed by atoms with Gasteiger partial charge in [0.25, 0.3) is 0 Å². The Bertz CT molecular complexity index is 1480. The Kier molecular flexibility index (Phi) is 13.0. The van der Waals surface area contributed by atoms with Crippen molar-refractivity contribution in [1.82, 2.24) is 0 Å². The van der Waals surface area contributed by atoms with E-state index in [0.29, 0.717) is 37.7 Å². The van der Waals surface area contributed by atoms with E-state index in [1.807, 2.05) is 27.7 Å². The van der Waals surface area contributed by atoms with Crippen molar-refractivity contribution in [2.24, 2.45) is 57.7 Å². The maximum Gasteiger partial charge on any atom is 0.347 e. The highest BCUT2D eigenvalue weighted by atomic mass is 16.6. The van der Waals surface area contributed by atoms with Crippen LogP contribution in [0.2, 0.25) is 0 Å². The van der Waals surface area contributed by atoms with Crippen LogP contribution in [0.5, 0.6) is 0 Å². The molecule has 0 aromatic rings. The van der Waals surface area contributed by atoms with E-state index in [-0.39, 0.29) is 52.8 Å². The summed E-state index contributed by atoms with van der Waals surface area (Å²) in [6.45, 7) is 21.1. The first-order valence-corrected chi connectivity index (χ1v) is 21.3. The fourth-order valence-corrected chi connectivity index (χ4v) is 9.59. The van der Waals surface area contributed by atoms with Gasteiger partial charge in [-0.25, -0.2) is 9.59 Å². The van der Waals surface area contributed by atoms with Crippen LogP contribution in [0.25, 0.3) is 0 Å². The number of fused-ring (bicyclic) bond motifs is 1. The lowest BCUT2D eigenvalue weighted by molar-refractivity contribution is -0.211. The van der Waals surface area contributed by atoms with Crippen molar-refractivity contribution in [1.29, 1.82) is 0 Å². The lowest BCUT2D eigenvalue weighted by Gasteiger charge is -2.59. The topological polar surface area (TPSA) is 158 Å². The van der Waals surface area contributed by atoms with Gasteiger partial charge in [-0.2, -0.15) is 0 Å². The first-order chi connectivity index (χ1) is 26.1. The second-order valence-corrected chi connectivity index (χ2v) is 19.8. The molecule has 8 aliphatic rings. The Hall–Kier alpha value is -3.18. The molecule has 12 nitrogen and oxygen atoms in total. The number of rotatable bonds is 11. The zero-order valence-electron chi connectivity index (χ0n) is 35.7. The van der Waals surface area contributed by atoms with Gasteiger partial charge in [0.15, 0.2) is 6.10 Å². The van der Waals surface area contributed by atoms with Crippen molar-refractivity contribution < 1.29 is 57.2 Å². The molecule has 8 rings (SSSR count). The van der Waals surface area contributed by atoms with Crippen LogP contribution in [0, 0.1) is 57.7 Å². The molecular weight excluding hydrogens is 720 g/mol. The van der Waals surface area contributed by atoms with Crippen LogP contribution in [-0.2, 0) is 57.2 Å². The summed E-state index contributed by atoms with van der Waals surface area (Å²) in [5.41, 5.74) is -1.66. The van der Waals surface area contributed by atoms with Crippen LogP contribution < -0.4 is 0 Å². The minimum absolute atomic E-state index is 0.0134. The number of carbonyl (C=O) groups excluding carboxylic acids is 6. The summed E-state index contributed by atoms with van der Waals surface area (Å²) in [4.78, 5) is 71.1. The van der Waals surface area contributed by atoms with E-state index in [4.69, 9.17) is 28.4 Å². The molecular formula is C44H68O12. The number of hydrogen-bond acceptors (Lipinski definition) is 12. The van der Waals surface area contributed by atoms with Crippen molar-refractivity contribution in [2.75, 3.05) is 6.61 Å². The molecule has 6 aliphatic carbocycles. The molecule has 6 saturated carbocycles. The lowest BCUT2D eigenvalue weighted by atomic mass is 9.50. The molecule has 2 saturated heterocycles. The molecule has 12 heteroatoms. The van der Waals surface area contributed by atoms with Crippen molar-refractivity contribution in [3.8, 4) is 0 Å². The third-order valence-electron chi connectivity index (χ3n) is 14.8. The molecule has 0 amide bonds. The van der Waals surface area contributed by atoms with Crippen LogP contribution in [-0.4, -0.2) is 72.4 Å². The number of ether oxygens (including phenoxy) is 6. The Balaban J connectivity index is 0.000000166. The maximum absolute atomic E-state index is 12.5. The largest absolute Gasteiger partial charge is 0.463 e. The molecule has 2 heterocycles. The van der Waals surface area contributed by atoms with E-state index in [0.717, 1.165) is 31.1 Å². The standard InChI is InChI=1S/C17H24O6.C17H28O2.C10H16O4/c1-5-17(3,4)16(20)21-8(2)14(18)22-12-9-6-10-11(7-9)15(19)23-13(10)12;1-5-16(2,3)15(18)19-17(4)13-7-11-6-12(9-13)10-14(17)8-11;1-4-10(2,3)9(12)14-7-5-6-13-8(7)11/h8-13H,5-7H2,1-4H3;11-14H,5-10H2,1-4H3;7H,4-6H2,1-3H3. The van der Waals surface area contributed by atoms with Gasteiger partial charge >= 0.3 is 35.8 Å². The summed E-state index contributed by atoms with van der Waals surface area (Å²) in [6, 6.07) is 0. The lowest BCUT2D eigenvalue weighted by Crippen LogP contribution is -2.58. The minimum atomic E-state index is -0.958. The van der Waals surface area contributed by atoms with E-state index < -0.39 is 47.0 Å². The van der Waals surface area contributed by atoms with Crippen molar-refractivity contribution in [3.63, 3.8) is 0 Å². The van der Waals surface area contributed by atoms with Gasteiger partial charge in [-0.15, -0.1) is 0 Å². The quantitative estimate of drug-likeness (QED) is 0.152. The van der Waals surface area contributed by atoms with E-state index in [1.54, 1.807) is 27.7 Å². The van der Waals surface area contributed by atoms with Gasteiger partial charge in [-0.05, 0) is 143 Å². The van der Waals surface area contributed by atoms with Gasteiger partial charge in [0.1, 0.15) is 17.8 Å². The van der Waals surface area contributed by atoms with E-state index in [2.05, 4.69) is 13.8 Å². The monoisotopic (exact) mass is 788 g/mol. The summed E-state index contributed by atoms with van der Waals surface area (Å²) in [5.74, 6) is 1.57. The van der Waals surface area contributed by atoms with Gasteiger partial charge in [0.2, 0.25) is 6.10 Å². The molecule has 0 N–H and O–H groups in total. The van der Waals surface area contributed by atoms with Crippen LogP contribution in [0.15, 0.2) is 0 Å². The summed E-state index contributed by atoms with van der Waals surface area (Å²) >= 11 is 0. The van der Waals surface area contributed by atoms with Crippen molar-refractivity contribution in [3.05, 3.63) is 0 Å². The Morgan fingerprint density at radius 3 is 1.79 bits per heavy atom. The highest BCUT2D eigenvalue weighted by Crippen LogP contribution is 2.60. The van der Waals surface area contributed by atoms with Crippen LogP contribution in [0.3, 0.4) is 0 Å². The minimum Gasteiger partial charge on any atom is -0.463 e. The van der Waals surface area contributed by atoms with Gasteiger partial charge in [0.05, 0.1) is 28.8 Å². The summed E-state index contributed by atoms with van der Waals surface area (Å²) in [5, 5.41) is 0. The van der Waals surface area contributed by atoms with Crippen LogP contribution in [0.4, 0.5) is 0 Å². The van der Waals surface area contributed by atoms with Gasteiger partial charge in [0, 0.05) is 18.3 Å². The normalized spacial score (nSPS) is 35.3. The third kappa shape index (κ3) is 8.93. The Morgan fingerprint density at radius 1 is 0.732 bits per heavy atom. The maximum atomic E-state index is 12.5. The average molecular weight is 789 g/mol. The van der Waals surface area contributed by atoms with E-state index in [1.165, 1.54) is 39.0 Å². The summed E-state index contributed by atoms with van der Waals surface area (Å²) in [6.07, 6.45) is 8.51. The van der Waals surface area contributed by atoms with Crippen molar-refractivity contribution >= 4 is 35.8 Å². The smallest absolute Gasteiger partial charge is 0.347 e. The first-order valence-electron chi connectivity index (χ1n) is 21.3. The summed E-state index contributed by atoms with van der Waals surface area (Å²) in [7, 11) is 0. The Morgan fingerprint density at radius 2 is 1.27 bits per heavy atom. The molecule has 0 spiro atoms. The number of hydrogen-bond donors (Lipinski definition) is 0. The molecule has 7 atom stereocenters. The molecule has 316 valence electrons. The molecule has 8 fully saturated rings. The molecule has 7 unspecified atom stereocenters. The molecule has 2 aliphatic heterocycles. The van der Waals surface area contributed by atoms with Gasteiger partial charge < -0.3 is 28.4 Å². The molecule has 56 heavy (non-hydrogen) atoms. The first kappa shape index (κ1) is 43.9. The Labute approximate surface area is 333 Å². The fraction of sp³-hybridized carbons (Fsp3) is 0.864.